The lowest BCUT2D eigenvalue weighted by molar-refractivity contribution is -0.200. The maximum absolute atomic E-state index is 12.2. The number of fused-ring (bicyclic) bond motifs is 2. The highest BCUT2D eigenvalue weighted by atomic mass is 16.7. The Bertz CT molecular complexity index is 553. The van der Waals surface area contributed by atoms with Gasteiger partial charge in [0, 0.05) is 19.4 Å². The number of carbonyl (C=O) groups is 2. The fraction of sp³-hybridized carbons (Fsp3) is 0.500. The molecule has 2 atom stereocenters. The number of hydrogen-bond acceptors (Lipinski definition) is 5. The Morgan fingerprint density at radius 3 is 2.14 bits per heavy atom. The van der Waals surface area contributed by atoms with E-state index in [1.54, 1.807) is 0 Å². The van der Waals surface area contributed by atoms with E-state index in [4.69, 9.17) is 9.47 Å². The third kappa shape index (κ3) is 2.04. The average molecular weight is 287 g/mol. The van der Waals surface area contributed by atoms with Crippen molar-refractivity contribution in [1.29, 1.82) is 0 Å². The van der Waals surface area contributed by atoms with Crippen LogP contribution in [0.2, 0.25) is 0 Å². The van der Waals surface area contributed by atoms with Crippen LogP contribution >= 0.6 is 0 Å². The monoisotopic (exact) mass is 287 g/mol. The molecule has 3 saturated heterocycles. The Balaban J connectivity index is 1.62. The maximum Gasteiger partial charge on any atom is 0.217 e. The molecule has 0 aliphatic carbocycles. The number of ketones is 2. The van der Waals surface area contributed by atoms with Gasteiger partial charge in [-0.15, -0.1) is 0 Å². The molecule has 0 aromatic heterocycles. The Kier molecular flexibility index (Phi) is 2.96. The fourth-order valence-corrected chi connectivity index (χ4v) is 3.69. The van der Waals surface area contributed by atoms with Crippen LogP contribution in [0.15, 0.2) is 30.3 Å². The van der Waals surface area contributed by atoms with Crippen molar-refractivity contribution in [2.24, 2.45) is 0 Å². The van der Waals surface area contributed by atoms with Gasteiger partial charge >= 0.3 is 0 Å². The lowest BCUT2D eigenvalue weighted by atomic mass is 9.95. The van der Waals surface area contributed by atoms with Crippen LogP contribution in [0.3, 0.4) is 0 Å². The van der Waals surface area contributed by atoms with Crippen LogP contribution in [-0.4, -0.2) is 47.6 Å². The highest BCUT2D eigenvalue weighted by Crippen LogP contribution is 2.42. The van der Waals surface area contributed by atoms with E-state index >= 15 is 0 Å². The maximum atomic E-state index is 12.2. The van der Waals surface area contributed by atoms with Crippen LogP contribution in [0.4, 0.5) is 0 Å². The Morgan fingerprint density at radius 1 is 1.00 bits per heavy atom. The van der Waals surface area contributed by atoms with Gasteiger partial charge in [0.1, 0.15) is 0 Å². The van der Waals surface area contributed by atoms with Crippen LogP contribution < -0.4 is 0 Å². The molecule has 3 heterocycles. The Morgan fingerprint density at radius 2 is 1.57 bits per heavy atom. The number of piperidine rings is 1. The molecule has 3 aliphatic heterocycles. The minimum atomic E-state index is -0.718. The molecular weight excluding hydrogens is 270 g/mol. The van der Waals surface area contributed by atoms with E-state index in [1.165, 1.54) is 0 Å². The van der Waals surface area contributed by atoms with Crippen molar-refractivity contribution in [3.05, 3.63) is 35.9 Å². The summed E-state index contributed by atoms with van der Waals surface area (Å²) < 4.78 is 11.4. The normalized spacial score (nSPS) is 31.2. The summed E-state index contributed by atoms with van der Waals surface area (Å²) in [4.78, 5) is 26.5. The molecule has 2 unspecified atom stereocenters. The van der Waals surface area contributed by atoms with E-state index in [0.717, 1.165) is 5.56 Å². The molecule has 110 valence electrons. The number of rotatable bonds is 2. The van der Waals surface area contributed by atoms with Crippen molar-refractivity contribution in [2.45, 2.75) is 37.3 Å². The minimum Gasteiger partial charge on any atom is -0.347 e. The molecule has 4 rings (SSSR count). The Hall–Kier alpha value is -1.56. The van der Waals surface area contributed by atoms with Gasteiger partial charge in [-0.1, -0.05) is 30.3 Å². The molecule has 1 aromatic carbocycles. The summed E-state index contributed by atoms with van der Waals surface area (Å²) >= 11 is 0. The van der Waals surface area contributed by atoms with Crippen LogP contribution in [0.25, 0.3) is 0 Å². The number of carbonyl (C=O) groups excluding carboxylic acids is 2. The van der Waals surface area contributed by atoms with Gasteiger partial charge in [-0.3, -0.25) is 14.5 Å². The van der Waals surface area contributed by atoms with Crippen molar-refractivity contribution in [1.82, 2.24) is 4.90 Å². The second kappa shape index (κ2) is 4.73. The summed E-state index contributed by atoms with van der Waals surface area (Å²) in [5.41, 5.74) is 1.11. The van der Waals surface area contributed by atoms with Crippen molar-refractivity contribution in [2.75, 3.05) is 13.2 Å². The highest BCUT2D eigenvalue weighted by Gasteiger charge is 2.59. The topological polar surface area (TPSA) is 55.8 Å². The third-order valence-electron chi connectivity index (χ3n) is 4.68. The lowest BCUT2D eigenvalue weighted by Gasteiger charge is -2.41. The highest BCUT2D eigenvalue weighted by molar-refractivity contribution is 6.43. The number of nitrogens with zero attached hydrogens (tertiary/aromatic N) is 1. The summed E-state index contributed by atoms with van der Waals surface area (Å²) in [6.07, 6.45) is 0.918. The van der Waals surface area contributed by atoms with E-state index in [-0.39, 0.29) is 11.6 Å². The molecule has 0 amide bonds. The standard InChI is InChI=1S/C16H17NO4/c18-14-12-8-16(20-6-7-21-16)9-13(15(14)19)17(12)10-11-4-2-1-3-5-11/h1-5,12-13H,6-10H2. The quantitative estimate of drug-likeness (QED) is 0.757. The molecule has 3 aliphatic rings. The first-order valence-electron chi connectivity index (χ1n) is 7.34. The van der Waals surface area contributed by atoms with Gasteiger partial charge in [-0.25, -0.2) is 0 Å². The minimum absolute atomic E-state index is 0.285. The summed E-state index contributed by atoms with van der Waals surface area (Å²) in [5.74, 6) is -1.29. The number of ether oxygens (including phenoxy) is 2. The predicted molar refractivity (Wildman–Crippen MR) is 73.4 cm³/mol. The largest absolute Gasteiger partial charge is 0.347 e. The van der Waals surface area contributed by atoms with Gasteiger partial charge in [-0.2, -0.15) is 0 Å². The van der Waals surface area contributed by atoms with E-state index in [2.05, 4.69) is 0 Å². The van der Waals surface area contributed by atoms with Crippen molar-refractivity contribution >= 4 is 11.6 Å². The number of hydrogen-bond donors (Lipinski definition) is 0. The second-order valence-corrected chi connectivity index (χ2v) is 5.93. The molecule has 1 aromatic rings. The smallest absolute Gasteiger partial charge is 0.217 e. The van der Waals surface area contributed by atoms with Crippen molar-refractivity contribution in [3.8, 4) is 0 Å². The zero-order valence-corrected chi connectivity index (χ0v) is 11.7. The molecule has 0 N–H and O–H groups in total. The van der Waals surface area contributed by atoms with Gasteiger partial charge < -0.3 is 9.47 Å². The summed E-state index contributed by atoms with van der Waals surface area (Å²) in [7, 11) is 0. The molecule has 2 bridgehead atoms. The van der Waals surface area contributed by atoms with Gasteiger partial charge in [0.2, 0.25) is 11.6 Å². The molecule has 5 nitrogen and oxygen atoms in total. The molecular formula is C16H17NO4. The van der Waals surface area contributed by atoms with Gasteiger partial charge in [0.25, 0.3) is 0 Å². The van der Waals surface area contributed by atoms with Crippen LogP contribution in [0.5, 0.6) is 0 Å². The zero-order valence-electron chi connectivity index (χ0n) is 11.7. The van der Waals surface area contributed by atoms with Crippen LogP contribution in [0, 0.1) is 0 Å². The summed E-state index contributed by atoms with van der Waals surface area (Å²) in [5, 5.41) is 0. The first kappa shape index (κ1) is 13.1. The van der Waals surface area contributed by atoms with Crippen LogP contribution in [-0.2, 0) is 25.6 Å². The number of benzene rings is 1. The second-order valence-electron chi connectivity index (χ2n) is 5.93. The molecule has 21 heavy (non-hydrogen) atoms. The first-order valence-corrected chi connectivity index (χ1v) is 7.34. The molecule has 0 saturated carbocycles. The fourth-order valence-electron chi connectivity index (χ4n) is 3.69. The van der Waals surface area contributed by atoms with E-state index in [0.29, 0.717) is 32.6 Å². The van der Waals surface area contributed by atoms with E-state index in [1.807, 2.05) is 35.2 Å². The zero-order chi connectivity index (χ0) is 14.4. The van der Waals surface area contributed by atoms with Crippen molar-refractivity contribution in [3.63, 3.8) is 0 Å². The van der Waals surface area contributed by atoms with Gasteiger partial charge in [0.05, 0.1) is 25.3 Å². The average Bonchev–Trinajstić information content (AvgIpc) is 3.00. The molecule has 5 heteroatoms. The first-order chi connectivity index (χ1) is 10.2. The van der Waals surface area contributed by atoms with E-state index in [9.17, 15) is 9.59 Å². The van der Waals surface area contributed by atoms with Crippen molar-refractivity contribution < 1.29 is 19.1 Å². The van der Waals surface area contributed by atoms with Crippen LogP contribution in [0.1, 0.15) is 18.4 Å². The SMILES string of the molecule is O=C1C(=O)C2CC3(CC1N2Cc1ccccc1)OCCO3. The molecule has 1 spiro atoms. The van der Waals surface area contributed by atoms with Gasteiger partial charge in [-0.05, 0) is 5.56 Å². The van der Waals surface area contributed by atoms with E-state index < -0.39 is 17.9 Å². The summed E-state index contributed by atoms with van der Waals surface area (Å²) in [6, 6.07) is 9.11. The molecule has 0 radical (unpaired) electrons. The molecule has 3 fully saturated rings. The lowest BCUT2D eigenvalue weighted by Crippen LogP contribution is -2.52. The number of Topliss-reactive ketones (excluding diaryl/α,β-unsaturated/α-hetero) is 2. The third-order valence-corrected chi connectivity index (χ3v) is 4.68. The van der Waals surface area contributed by atoms with Gasteiger partial charge in [0.15, 0.2) is 5.79 Å². The predicted octanol–water partition coefficient (Wildman–Crippen LogP) is 0.914. The Labute approximate surface area is 122 Å². The summed E-state index contributed by atoms with van der Waals surface area (Å²) in [6.45, 7) is 1.70.